The summed E-state index contributed by atoms with van der Waals surface area (Å²) >= 11 is 0. The van der Waals surface area contributed by atoms with Crippen molar-refractivity contribution < 1.29 is 0 Å². The molecule has 0 aliphatic carbocycles. The quantitative estimate of drug-likeness (QED) is 0.801. The predicted molar refractivity (Wildman–Crippen MR) is 74.3 cm³/mol. The van der Waals surface area contributed by atoms with Gasteiger partial charge in [0, 0.05) is 11.3 Å². The first kappa shape index (κ1) is 12.3. The molecule has 0 saturated carbocycles. The van der Waals surface area contributed by atoms with Gasteiger partial charge in [0.15, 0.2) is 0 Å². The fraction of sp³-hybridized carbons (Fsp3) is 0.267. The lowest BCUT2D eigenvalue weighted by molar-refractivity contribution is 1.23. The molecule has 0 atom stereocenters. The number of H-pyrrole nitrogens is 1. The van der Waals surface area contributed by atoms with Gasteiger partial charge in [0.05, 0.1) is 5.56 Å². The second-order valence-electron chi connectivity index (χ2n) is 4.76. The lowest BCUT2D eigenvalue weighted by atomic mass is 9.92. The van der Waals surface area contributed by atoms with Crippen molar-refractivity contribution in [2.24, 2.45) is 0 Å². The first-order valence-electron chi connectivity index (χ1n) is 5.92. The van der Waals surface area contributed by atoms with Crippen LogP contribution in [0.25, 0.3) is 11.3 Å². The minimum atomic E-state index is 0.436. The summed E-state index contributed by atoms with van der Waals surface area (Å²) in [4.78, 5) is 3.10. The highest BCUT2D eigenvalue weighted by atomic mass is 14.9. The lowest BCUT2D eigenvalue weighted by Crippen LogP contribution is -1.95. The SMILES string of the molecule is Cc1cc(C)c(C)c(-c2cc(C#N)c(N)[nH]2)c1C. The third-order valence-corrected chi connectivity index (χ3v) is 3.60. The zero-order chi connectivity index (χ0) is 13.4. The maximum atomic E-state index is 8.98. The van der Waals surface area contributed by atoms with E-state index < -0.39 is 0 Å². The van der Waals surface area contributed by atoms with E-state index in [0.29, 0.717) is 11.4 Å². The summed E-state index contributed by atoms with van der Waals surface area (Å²) in [5, 5.41) is 8.98. The molecule has 3 heteroatoms. The molecule has 2 rings (SSSR count). The van der Waals surface area contributed by atoms with E-state index in [1.165, 1.54) is 22.3 Å². The van der Waals surface area contributed by atoms with E-state index >= 15 is 0 Å². The van der Waals surface area contributed by atoms with Crippen LogP contribution in [-0.4, -0.2) is 4.98 Å². The van der Waals surface area contributed by atoms with Crippen molar-refractivity contribution in [2.45, 2.75) is 27.7 Å². The second kappa shape index (κ2) is 4.23. The summed E-state index contributed by atoms with van der Waals surface area (Å²) in [6, 6.07) is 6.11. The normalized spacial score (nSPS) is 10.4. The van der Waals surface area contributed by atoms with Crippen LogP contribution in [0.15, 0.2) is 12.1 Å². The van der Waals surface area contributed by atoms with Crippen molar-refractivity contribution >= 4 is 5.82 Å². The smallest absolute Gasteiger partial charge is 0.119 e. The Balaban J connectivity index is 2.75. The van der Waals surface area contributed by atoms with E-state index in [1.807, 2.05) is 6.07 Å². The first-order valence-corrected chi connectivity index (χ1v) is 5.92. The monoisotopic (exact) mass is 239 g/mol. The zero-order valence-corrected chi connectivity index (χ0v) is 11.2. The van der Waals surface area contributed by atoms with Crippen molar-refractivity contribution in [1.29, 1.82) is 5.26 Å². The molecule has 1 heterocycles. The van der Waals surface area contributed by atoms with Crippen LogP contribution in [0.4, 0.5) is 5.82 Å². The number of hydrogen-bond acceptors (Lipinski definition) is 2. The average molecular weight is 239 g/mol. The Labute approximate surface area is 107 Å². The molecule has 0 unspecified atom stereocenters. The van der Waals surface area contributed by atoms with Gasteiger partial charge in [0.25, 0.3) is 0 Å². The van der Waals surface area contributed by atoms with E-state index in [2.05, 4.69) is 44.8 Å². The Morgan fingerprint density at radius 2 is 1.61 bits per heavy atom. The van der Waals surface area contributed by atoms with Gasteiger partial charge < -0.3 is 10.7 Å². The molecule has 0 radical (unpaired) electrons. The number of anilines is 1. The van der Waals surface area contributed by atoms with E-state index in [4.69, 9.17) is 11.0 Å². The lowest BCUT2D eigenvalue weighted by Gasteiger charge is -2.14. The number of nitrogens with one attached hydrogen (secondary N) is 1. The molecule has 92 valence electrons. The third kappa shape index (κ3) is 1.76. The molecule has 1 aromatic carbocycles. The molecular weight excluding hydrogens is 222 g/mol. The molecule has 0 fully saturated rings. The molecule has 18 heavy (non-hydrogen) atoms. The number of aromatic amines is 1. The summed E-state index contributed by atoms with van der Waals surface area (Å²) in [6.07, 6.45) is 0. The largest absolute Gasteiger partial charge is 0.384 e. The van der Waals surface area contributed by atoms with E-state index in [-0.39, 0.29) is 0 Å². The summed E-state index contributed by atoms with van der Waals surface area (Å²) in [5.74, 6) is 0.436. The third-order valence-electron chi connectivity index (χ3n) is 3.60. The van der Waals surface area contributed by atoms with E-state index in [1.54, 1.807) is 0 Å². The standard InChI is InChI=1S/C15H17N3/c1-8-5-9(2)11(4)14(10(8)3)13-6-12(7-16)15(17)18-13/h5-6,18H,17H2,1-4H3. The van der Waals surface area contributed by atoms with Crippen molar-refractivity contribution in [3.63, 3.8) is 0 Å². The van der Waals surface area contributed by atoms with Crippen molar-refractivity contribution in [1.82, 2.24) is 4.98 Å². The Bertz CT molecular complexity index is 631. The van der Waals surface area contributed by atoms with Gasteiger partial charge >= 0.3 is 0 Å². The Morgan fingerprint density at radius 3 is 2.06 bits per heavy atom. The van der Waals surface area contributed by atoms with Gasteiger partial charge in [0.2, 0.25) is 0 Å². The fourth-order valence-corrected chi connectivity index (χ4v) is 2.32. The van der Waals surface area contributed by atoms with E-state index in [9.17, 15) is 0 Å². The number of aromatic nitrogens is 1. The van der Waals surface area contributed by atoms with Crippen LogP contribution in [0.5, 0.6) is 0 Å². The molecule has 0 aliphatic rings. The molecule has 3 N–H and O–H groups in total. The predicted octanol–water partition coefficient (Wildman–Crippen LogP) is 3.37. The molecule has 0 spiro atoms. The highest BCUT2D eigenvalue weighted by molar-refractivity contribution is 5.74. The maximum Gasteiger partial charge on any atom is 0.119 e. The molecule has 0 saturated heterocycles. The number of nitriles is 1. The van der Waals surface area contributed by atoms with Gasteiger partial charge in [-0.15, -0.1) is 0 Å². The molecule has 3 nitrogen and oxygen atoms in total. The Kier molecular flexibility index (Phi) is 2.88. The molecule has 0 aliphatic heterocycles. The number of aryl methyl sites for hydroxylation is 2. The van der Waals surface area contributed by atoms with Gasteiger partial charge in [-0.2, -0.15) is 5.26 Å². The van der Waals surface area contributed by atoms with Gasteiger partial charge in [-0.05, 0) is 56.0 Å². The van der Waals surface area contributed by atoms with Crippen molar-refractivity contribution in [3.05, 3.63) is 39.9 Å². The molecular formula is C15H17N3. The van der Waals surface area contributed by atoms with Gasteiger partial charge in [-0.3, -0.25) is 0 Å². The van der Waals surface area contributed by atoms with Crippen LogP contribution in [-0.2, 0) is 0 Å². The highest BCUT2D eigenvalue weighted by Crippen LogP contribution is 2.32. The van der Waals surface area contributed by atoms with Crippen LogP contribution >= 0.6 is 0 Å². The summed E-state index contributed by atoms with van der Waals surface area (Å²) in [7, 11) is 0. The average Bonchev–Trinajstić information content (AvgIpc) is 2.68. The number of nitrogens with zero attached hydrogens (tertiary/aromatic N) is 1. The number of rotatable bonds is 1. The molecule has 1 aromatic heterocycles. The Hall–Kier alpha value is -2.21. The van der Waals surface area contributed by atoms with Gasteiger partial charge in [0.1, 0.15) is 11.9 Å². The van der Waals surface area contributed by atoms with Crippen LogP contribution in [0.1, 0.15) is 27.8 Å². The fourth-order valence-electron chi connectivity index (χ4n) is 2.32. The number of benzene rings is 1. The summed E-state index contributed by atoms with van der Waals surface area (Å²) in [6.45, 7) is 8.39. The maximum absolute atomic E-state index is 8.98. The highest BCUT2D eigenvalue weighted by Gasteiger charge is 2.14. The Morgan fingerprint density at radius 1 is 1.06 bits per heavy atom. The van der Waals surface area contributed by atoms with Crippen molar-refractivity contribution in [3.8, 4) is 17.3 Å². The molecule has 0 bridgehead atoms. The topological polar surface area (TPSA) is 65.6 Å². The first-order chi connectivity index (χ1) is 8.45. The minimum Gasteiger partial charge on any atom is -0.384 e. The van der Waals surface area contributed by atoms with Gasteiger partial charge in [-0.1, -0.05) is 6.07 Å². The van der Waals surface area contributed by atoms with Crippen molar-refractivity contribution in [2.75, 3.05) is 5.73 Å². The molecule has 0 amide bonds. The van der Waals surface area contributed by atoms with Crippen LogP contribution in [0.3, 0.4) is 0 Å². The van der Waals surface area contributed by atoms with E-state index in [0.717, 1.165) is 11.3 Å². The number of nitrogen functional groups attached to an aromatic ring is 1. The summed E-state index contributed by atoms with van der Waals surface area (Å²) < 4.78 is 0. The number of nitrogens with two attached hydrogens (primary N) is 1. The summed E-state index contributed by atoms with van der Waals surface area (Å²) in [5.41, 5.74) is 13.3. The second-order valence-corrected chi connectivity index (χ2v) is 4.76. The van der Waals surface area contributed by atoms with Crippen LogP contribution in [0, 0.1) is 39.0 Å². The zero-order valence-electron chi connectivity index (χ0n) is 11.2. The minimum absolute atomic E-state index is 0.436. The molecule has 2 aromatic rings. The van der Waals surface area contributed by atoms with Crippen LogP contribution < -0.4 is 5.73 Å². The number of hydrogen-bond donors (Lipinski definition) is 2. The van der Waals surface area contributed by atoms with Crippen LogP contribution in [0.2, 0.25) is 0 Å². The van der Waals surface area contributed by atoms with Gasteiger partial charge in [-0.25, -0.2) is 0 Å².